The third kappa shape index (κ3) is 6.20. The number of alkyl halides is 4. The Labute approximate surface area is 246 Å². The number of halogens is 4. The zero-order chi connectivity index (χ0) is 31.0. The smallest absolute Gasteiger partial charge is 0.409 e. The topological polar surface area (TPSA) is 118 Å². The molecule has 2 aromatic carbocycles. The summed E-state index contributed by atoms with van der Waals surface area (Å²) in [5.41, 5.74) is 1.44. The van der Waals surface area contributed by atoms with E-state index in [0.29, 0.717) is 72.5 Å². The summed E-state index contributed by atoms with van der Waals surface area (Å²) in [6, 6.07) is 11.4. The van der Waals surface area contributed by atoms with E-state index in [-0.39, 0.29) is 17.6 Å². The summed E-state index contributed by atoms with van der Waals surface area (Å²) in [5.74, 6) is 0.989. The Hall–Kier alpha value is -4.04. The molecule has 1 fully saturated rings. The van der Waals surface area contributed by atoms with Gasteiger partial charge in [0.25, 0.3) is 0 Å². The molecule has 0 amide bonds. The quantitative estimate of drug-likeness (QED) is 0.206. The third-order valence-electron chi connectivity index (χ3n) is 7.33. The van der Waals surface area contributed by atoms with E-state index in [4.69, 9.17) is 4.74 Å². The fourth-order valence-corrected chi connectivity index (χ4v) is 5.71. The van der Waals surface area contributed by atoms with Gasteiger partial charge in [0.1, 0.15) is 23.4 Å². The highest BCUT2D eigenvalue weighted by Crippen LogP contribution is 2.42. The summed E-state index contributed by atoms with van der Waals surface area (Å²) in [6.07, 6.45) is -1.06. The van der Waals surface area contributed by atoms with E-state index >= 15 is 0 Å². The number of aromatic nitrogens is 3. The van der Waals surface area contributed by atoms with Gasteiger partial charge in [-0.3, -0.25) is 4.72 Å². The summed E-state index contributed by atoms with van der Waals surface area (Å²) in [4.78, 5) is 13.2. The maximum atomic E-state index is 13.9. The molecule has 0 unspecified atom stereocenters. The van der Waals surface area contributed by atoms with Crippen molar-refractivity contribution in [3.05, 3.63) is 66.6 Å². The maximum Gasteiger partial charge on any atom is 0.409 e. The number of nitrogens with zero attached hydrogens (tertiary/aromatic N) is 3. The summed E-state index contributed by atoms with van der Waals surface area (Å²) >= 11 is 0. The molecule has 43 heavy (non-hydrogen) atoms. The van der Waals surface area contributed by atoms with Crippen LogP contribution in [-0.4, -0.2) is 59.6 Å². The van der Waals surface area contributed by atoms with Crippen LogP contribution >= 0.6 is 0 Å². The van der Waals surface area contributed by atoms with Gasteiger partial charge in [0.15, 0.2) is 4.75 Å². The molecule has 2 aromatic heterocycles. The molecule has 4 aromatic rings. The Morgan fingerprint density at radius 1 is 0.977 bits per heavy atom. The number of pyridine rings is 1. The molecule has 5 rings (SSSR count). The largest absolute Gasteiger partial charge is 0.436 e. The van der Waals surface area contributed by atoms with Gasteiger partial charge in [-0.05, 0) is 44.5 Å². The average molecular weight is 619 g/mol. The molecule has 3 N–H and O–H groups in total. The van der Waals surface area contributed by atoms with Crippen LogP contribution < -0.4 is 20.1 Å². The lowest BCUT2D eigenvalue weighted by Crippen LogP contribution is -2.49. The number of rotatable bonds is 8. The minimum absolute atomic E-state index is 0.0188. The first-order chi connectivity index (χ1) is 20.3. The first-order valence-electron chi connectivity index (χ1n) is 13.4. The molecule has 1 aliphatic heterocycles. The molecular weight excluding hydrogens is 588 g/mol. The van der Waals surface area contributed by atoms with Crippen molar-refractivity contribution in [2.45, 2.75) is 50.3 Å². The van der Waals surface area contributed by atoms with Crippen molar-refractivity contribution in [1.29, 1.82) is 0 Å². The summed E-state index contributed by atoms with van der Waals surface area (Å²) < 4.78 is 85.7. The molecule has 0 aliphatic carbocycles. The van der Waals surface area contributed by atoms with Gasteiger partial charge >= 0.3 is 6.18 Å². The molecule has 0 spiro atoms. The fourth-order valence-electron chi connectivity index (χ4n) is 4.69. The Kier molecular flexibility index (Phi) is 8.18. The number of benzene rings is 2. The zero-order valence-electron chi connectivity index (χ0n) is 23.5. The Balaban J connectivity index is 1.49. The summed E-state index contributed by atoms with van der Waals surface area (Å²) in [7, 11) is -4.89. The van der Waals surface area contributed by atoms with Crippen LogP contribution in [0.4, 0.5) is 29.1 Å². The van der Waals surface area contributed by atoms with Crippen molar-refractivity contribution < 1.29 is 30.7 Å². The number of fused-ring (bicyclic) bond motifs is 1. The van der Waals surface area contributed by atoms with E-state index in [2.05, 4.69) is 30.3 Å². The lowest BCUT2D eigenvalue weighted by atomic mass is 10.0. The number of ether oxygens (including phenoxy) is 1. The van der Waals surface area contributed by atoms with Gasteiger partial charge in [-0.1, -0.05) is 24.3 Å². The summed E-state index contributed by atoms with van der Waals surface area (Å²) in [5, 5.41) is 7.06. The SMILES string of the molecule is Cc1cc(NS(=O)(=O)C(C)(C)C(F)(F)F)c2ccccc2c1Oc1nccnc1-c1ccnc(N[C@@H]2CNC[C@@H](F)C2)c1. The second-order valence-corrected chi connectivity index (χ2v) is 13.0. The zero-order valence-corrected chi connectivity index (χ0v) is 24.4. The van der Waals surface area contributed by atoms with Gasteiger partial charge in [-0.25, -0.2) is 27.8 Å². The van der Waals surface area contributed by atoms with Crippen LogP contribution in [0, 0.1) is 6.92 Å². The first-order valence-corrected chi connectivity index (χ1v) is 14.9. The minimum Gasteiger partial charge on any atom is -0.436 e. The first kappa shape index (κ1) is 30.4. The van der Waals surface area contributed by atoms with Gasteiger partial charge in [-0.2, -0.15) is 13.2 Å². The highest BCUT2D eigenvalue weighted by Gasteiger charge is 2.57. The van der Waals surface area contributed by atoms with Crippen molar-refractivity contribution in [2.24, 2.45) is 0 Å². The van der Waals surface area contributed by atoms with E-state index in [1.807, 2.05) is 0 Å². The number of hydrogen-bond donors (Lipinski definition) is 3. The van der Waals surface area contributed by atoms with Crippen molar-refractivity contribution in [2.75, 3.05) is 23.1 Å². The van der Waals surface area contributed by atoms with Crippen LogP contribution in [-0.2, 0) is 10.0 Å². The molecule has 0 radical (unpaired) electrons. The van der Waals surface area contributed by atoms with E-state index in [1.54, 1.807) is 49.5 Å². The predicted octanol–water partition coefficient (Wildman–Crippen LogP) is 5.99. The standard InChI is InChI=1S/C29H30F4N6O3S/c1-17-12-23(39-43(40,41)28(2,3)29(31,32)33)21-6-4-5-7-22(21)26(17)42-27-25(36-10-11-37-27)18-8-9-35-24(13-18)38-20-14-19(30)15-34-16-20/h4-13,19-20,34,39H,14-16H2,1-3H3,(H,35,38)/t19-,20-/m0/s1. The maximum absolute atomic E-state index is 13.9. The van der Waals surface area contributed by atoms with Crippen molar-refractivity contribution in [3.63, 3.8) is 0 Å². The van der Waals surface area contributed by atoms with Gasteiger partial charge in [-0.15, -0.1) is 0 Å². The van der Waals surface area contributed by atoms with Crippen molar-refractivity contribution >= 4 is 32.3 Å². The predicted molar refractivity (Wildman–Crippen MR) is 156 cm³/mol. The number of piperidine rings is 1. The molecule has 14 heteroatoms. The lowest BCUT2D eigenvalue weighted by Gasteiger charge is -2.28. The lowest BCUT2D eigenvalue weighted by molar-refractivity contribution is -0.152. The second-order valence-electron chi connectivity index (χ2n) is 10.8. The molecule has 2 atom stereocenters. The molecular formula is C29H30F4N6O3S. The van der Waals surface area contributed by atoms with Crippen LogP contribution in [0.15, 0.2) is 61.1 Å². The Morgan fingerprint density at radius 3 is 2.42 bits per heavy atom. The van der Waals surface area contributed by atoms with Gasteiger partial charge in [0, 0.05) is 60.5 Å². The van der Waals surface area contributed by atoms with Gasteiger partial charge in [0.05, 0.1) is 5.69 Å². The van der Waals surface area contributed by atoms with E-state index in [9.17, 15) is 26.0 Å². The van der Waals surface area contributed by atoms with Crippen molar-refractivity contribution in [1.82, 2.24) is 20.3 Å². The normalized spacial score (nSPS) is 17.9. The van der Waals surface area contributed by atoms with Crippen LogP contribution in [0.25, 0.3) is 22.0 Å². The molecule has 1 aliphatic rings. The second kappa shape index (κ2) is 11.6. The fraction of sp³-hybridized carbons (Fsp3) is 0.345. The highest BCUT2D eigenvalue weighted by atomic mass is 32.2. The number of nitrogens with one attached hydrogen (secondary N) is 3. The van der Waals surface area contributed by atoms with Crippen LogP contribution in [0.3, 0.4) is 0 Å². The van der Waals surface area contributed by atoms with E-state index < -0.39 is 27.1 Å². The highest BCUT2D eigenvalue weighted by molar-refractivity contribution is 7.94. The van der Waals surface area contributed by atoms with E-state index in [1.165, 1.54) is 18.5 Å². The number of aryl methyl sites for hydroxylation is 1. The monoisotopic (exact) mass is 618 g/mol. The van der Waals surface area contributed by atoms with Crippen LogP contribution in [0.2, 0.25) is 0 Å². The molecule has 228 valence electrons. The molecule has 9 nitrogen and oxygen atoms in total. The van der Waals surface area contributed by atoms with Crippen LogP contribution in [0.1, 0.15) is 25.8 Å². The Bertz CT molecular complexity index is 1750. The van der Waals surface area contributed by atoms with Gasteiger partial charge < -0.3 is 15.4 Å². The summed E-state index contributed by atoms with van der Waals surface area (Å²) in [6.45, 7) is 3.79. The van der Waals surface area contributed by atoms with Crippen molar-refractivity contribution in [3.8, 4) is 22.9 Å². The molecule has 3 heterocycles. The number of anilines is 2. The average Bonchev–Trinajstić information content (AvgIpc) is 2.95. The minimum atomic E-state index is -5.00. The molecule has 1 saturated heterocycles. The number of sulfonamides is 1. The third-order valence-corrected chi connectivity index (χ3v) is 9.39. The van der Waals surface area contributed by atoms with Gasteiger partial charge in [0.2, 0.25) is 15.9 Å². The number of hydrogen-bond acceptors (Lipinski definition) is 8. The Morgan fingerprint density at radius 2 is 1.70 bits per heavy atom. The van der Waals surface area contributed by atoms with Crippen LogP contribution in [0.5, 0.6) is 11.6 Å². The molecule has 0 bridgehead atoms. The van der Waals surface area contributed by atoms with E-state index in [0.717, 1.165) is 0 Å². The molecule has 0 saturated carbocycles.